The molecule has 0 bridgehead atoms. The predicted octanol–water partition coefficient (Wildman–Crippen LogP) is -7.97. The van der Waals surface area contributed by atoms with Crippen molar-refractivity contribution in [1.82, 2.24) is 53.2 Å². The van der Waals surface area contributed by atoms with Crippen molar-refractivity contribution in [2.24, 2.45) is 39.9 Å². The Morgan fingerprint density at radius 2 is 0.947 bits per heavy atom. The monoisotopic (exact) mass is 1090 g/mol. The molecule has 0 aliphatic heterocycles. The summed E-state index contributed by atoms with van der Waals surface area (Å²) < 4.78 is 0. The molecule has 0 aromatic carbocycles. The maximum atomic E-state index is 14.0. The summed E-state index contributed by atoms with van der Waals surface area (Å²) in [6.45, 7) is 6.87. The molecule has 0 unspecified atom stereocenters. The topological polar surface area (TPSA) is 500 Å². The molecule has 21 N–H and O–H groups in total. The van der Waals surface area contributed by atoms with Gasteiger partial charge in [-0.05, 0) is 62.4 Å². The van der Waals surface area contributed by atoms with E-state index in [-0.39, 0.29) is 49.9 Å². The molecule has 428 valence electrons. The minimum absolute atomic E-state index is 0.0202. The Labute approximate surface area is 439 Å². The minimum atomic E-state index is -1.80. The standard InChI is InChI=1S/C44H80N14O16S/c1-20(2)14-27(53-35(66)24(45)17-59)38(69)54-29(19-61)40(71)55-28(18-60)39(70)51-26(11-13-75-8)37(68)58-34(23(7)62)43(74)52-25(10-9-12-48-44(46)47)36(67)56-33(22(5)6)42(73)57-32(21(3)4)41(72)50-15-30(63)49-16-31(64)65/h20-29,32-34,59-62H,9-19,45H2,1-8H3,(H,49,63)(H,50,72)(H,51,70)(H,52,74)(H,53,66)(H,54,69)(H,55,71)(H,56,67)(H,57,73)(H,58,68)(H,64,65)(H4,46,47,48)/t23-,24+,25+,26+,27+,28+,29+,32+,33+,34+/m1/s1. The van der Waals surface area contributed by atoms with Crippen molar-refractivity contribution in [3.8, 4) is 0 Å². The zero-order valence-corrected chi connectivity index (χ0v) is 44.4. The number of nitrogens with one attached hydrogen (secondary N) is 10. The van der Waals surface area contributed by atoms with Gasteiger partial charge in [-0.1, -0.05) is 41.5 Å². The fourth-order valence-electron chi connectivity index (χ4n) is 6.55. The van der Waals surface area contributed by atoms with Gasteiger partial charge >= 0.3 is 5.97 Å². The number of thioether (sulfide) groups is 1. The molecule has 10 atom stereocenters. The van der Waals surface area contributed by atoms with Crippen LogP contribution in [0.25, 0.3) is 0 Å². The Morgan fingerprint density at radius 1 is 0.520 bits per heavy atom. The lowest BCUT2D eigenvalue weighted by Crippen LogP contribution is -2.63. The third-order valence-electron chi connectivity index (χ3n) is 10.7. The smallest absolute Gasteiger partial charge is 0.322 e. The number of amides is 10. The van der Waals surface area contributed by atoms with E-state index in [1.54, 1.807) is 47.8 Å². The highest BCUT2D eigenvalue weighted by molar-refractivity contribution is 7.98. The van der Waals surface area contributed by atoms with Crippen LogP contribution in [0, 0.1) is 17.8 Å². The highest BCUT2D eigenvalue weighted by atomic mass is 32.2. The first-order valence-corrected chi connectivity index (χ1v) is 25.4. The Morgan fingerprint density at radius 3 is 1.40 bits per heavy atom. The zero-order chi connectivity index (χ0) is 57.7. The van der Waals surface area contributed by atoms with Crippen molar-refractivity contribution >= 4 is 82.8 Å². The molecule has 0 aliphatic rings. The van der Waals surface area contributed by atoms with Crippen molar-refractivity contribution in [1.29, 1.82) is 0 Å². The molecule has 0 heterocycles. The highest BCUT2D eigenvalue weighted by Crippen LogP contribution is 2.11. The minimum Gasteiger partial charge on any atom is -0.480 e. The van der Waals surface area contributed by atoms with E-state index in [1.165, 1.54) is 11.8 Å². The van der Waals surface area contributed by atoms with Gasteiger partial charge in [0.2, 0.25) is 59.1 Å². The number of carboxylic acids is 1. The summed E-state index contributed by atoms with van der Waals surface area (Å²) in [7, 11) is 0. The fourth-order valence-corrected chi connectivity index (χ4v) is 7.02. The quantitative estimate of drug-likeness (QED) is 0.0157. The third-order valence-corrected chi connectivity index (χ3v) is 11.4. The van der Waals surface area contributed by atoms with Crippen LogP contribution >= 0.6 is 11.8 Å². The van der Waals surface area contributed by atoms with E-state index in [2.05, 4.69) is 58.2 Å². The fraction of sp³-hybridized carbons (Fsp3) is 0.727. The first-order chi connectivity index (χ1) is 35.0. The van der Waals surface area contributed by atoms with Gasteiger partial charge in [0, 0.05) is 6.54 Å². The van der Waals surface area contributed by atoms with Gasteiger partial charge in [-0.25, -0.2) is 0 Å². The summed E-state index contributed by atoms with van der Waals surface area (Å²) in [5.41, 5.74) is 16.4. The first kappa shape index (κ1) is 68.6. The molecule has 0 aromatic heterocycles. The van der Waals surface area contributed by atoms with E-state index in [4.69, 9.17) is 22.3 Å². The van der Waals surface area contributed by atoms with Crippen LogP contribution in [0.15, 0.2) is 4.99 Å². The van der Waals surface area contributed by atoms with Gasteiger partial charge < -0.3 is 95.9 Å². The Hall–Kier alpha value is -6.41. The van der Waals surface area contributed by atoms with E-state index < -0.39 is 170 Å². The summed E-state index contributed by atoms with van der Waals surface area (Å²) in [5.74, 6) is -12.3. The third kappa shape index (κ3) is 26.6. The van der Waals surface area contributed by atoms with Gasteiger partial charge in [-0.2, -0.15) is 11.8 Å². The first-order valence-electron chi connectivity index (χ1n) is 24.0. The van der Waals surface area contributed by atoms with Crippen molar-refractivity contribution in [2.45, 2.75) is 135 Å². The number of nitrogens with zero attached hydrogens (tertiary/aromatic N) is 1. The Bertz CT molecular complexity index is 1960. The summed E-state index contributed by atoms with van der Waals surface area (Å²) >= 11 is 1.26. The molecule has 30 nitrogen and oxygen atoms in total. The number of aliphatic carboxylic acids is 1. The van der Waals surface area contributed by atoms with Crippen LogP contribution in [0.4, 0.5) is 0 Å². The van der Waals surface area contributed by atoms with Crippen LogP contribution in [-0.2, 0) is 52.7 Å². The zero-order valence-electron chi connectivity index (χ0n) is 43.6. The van der Waals surface area contributed by atoms with E-state index in [1.807, 2.05) is 0 Å². The van der Waals surface area contributed by atoms with E-state index in [9.17, 15) is 73.2 Å². The maximum absolute atomic E-state index is 14.0. The average molecular weight is 1090 g/mol. The van der Waals surface area contributed by atoms with Crippen molar-refractivity contribution < 1.29 is 78.3 Å². The molecule has 75 heavy (non-hydrogen) atoms. The molecule has 0 radical (unpaired) electrons. The number of nitrogens with two attached hydrogens (primary N) is 3. The van der Waals surface area contributed by atoms with Gasteiger partial charge in [-0.3, -0.25) is 57.7 Å². The van der Waals surface area contributed by atoms with Crippen molar-refractivity contribution in [3.05, 3.63) is 0 Å². The van der Waals surface area contributed by atoms with Crippen LogP contribution in [0.5, 0.6) is 0 Å². The van der Waals surface area contributed by atoms with Gasteiger partial charge in [0.05, 0.1) is 32.5 Å². The maximum Gasteiger partial charge on any atom is 0.322 e. The molecule has 10 amide bonds. The highest BCUT2D eigenvalue weighted by Gasteiger charge is 2.37. The molecule has 31 heteroatoms. The number of carbonyl (C=O) groups is 11. The molecule has 0 aliphatic carbocycles. The average Bonchev–Trinajstić information content (AvgIpc) is 3.33. The molecule has 0 saturated heterocycles. The molecular formula is C44H80N14O16S. The summed E-state index contributed by atoms with van der Waals surface area (Å²) in [4.78, 5) is 147. The lowest BCUT2D eigenvalue weighted by molar-refractivity contribution is -0.138. The van der Waals surface area contributed by atoms with Gasteiger partial charge in [-0.15, -0.1) is 0 Å². The molecule has 0 aromatic rings. The number of rotatable bonds is 36. The lowest BCUT2D eigenvalue weighted by Gasteiger charge is -2.30. The van der Waals surface area contributed by atoms with Crippen molar-refractivity contribution in [2.75, 3.05) is 51.5 Å². The van der Waals surface area contributed by atoms with Crippen LogP contribution in [-0.4, -0.2) is 208 Å². The Kier molecular flexibility index (Phi) is 32.7. The van der Waals surface area contributed by atoms with E-state index >= 15 is 0 Å². The molecule has 0 spiro atoms. The SMILES string of the molecule is CSCC[C@H](NC(=O)[C@H](CO)NC(=O)[C@H](CO)NC(=O)[C@H](CC(C)C)NC(=O)[C@@H](N)CO)C(=O)N[C@H](C(=O)N[C@@H](CCCN=C(N)N)C(=O)N[C@H](C(=O)N[C@H](C(=O)NCC(=O)NCC(=O)O)C(C)C)C(C)C)[C@@H](C)O. The summed E-state index contributed by atoms with van der Waals surface area (Å²) in [6, 6.07) is -13.5. The van der Waals surface area contributed by atoms with E-state index in [0.717, 1.165) is 6.92 Å². The second kappa shape index (κ2) is 35.7. The van der Waals surface area contributed by atoms with Gasteiger partial charge in [0.25, 0.3) is 0 Å². The summed E-state index contributed by atoms with van der Waals surface area (Å²) in [6.07, 6.45) is -0.109. The number of aliphatic hydroxyl groups is 4. The van der Waals surface area contributed by atoms with Crippen LogP contribution in [0.3, 0.4) is 0 Å². The number of hydrogen-bond acceptors (Lipinski definition) is 18. The van der Waals surface area contributed by atoms with Gasteiger partial charge in [0.15, 0.2) is 5.96 Å². The van der Waals surface area contributed by atoms with Crippen LogP contribution in [0.2, 0.25) is 0 Å². The number of carbonyl (C=O) groups excluding carboxylic acids is 10. The number of aliphatic hydroxyl groups excluding tert-OH is 4. The predicted molar refractivity (Wildman–Crippen MR) is 272 cm³/mol. The number of aliphatic imine (C=N–C) groups is 1. The van der Waals surface area contributed by atoms with E-state index in [0.29, 0.717) is 0 Å². The largest absolute Gasteiger partial charge is 0.480 e. The second-order valence-electron chi connectivity index (χ2n) is 18.4. The molecular weight excluding hydrogens is 1010 g/mol. The molecule has 0 fully saturated rings. The van der Waals surface area contributed by atoms with Crippen LogP contribution < -0.4 is 70.4 Å². The number of guanidine groups is 1. The normalized spacial score (nSPS) is 15.1. The molecule has 0 rings (SSSR count). The second-order valence-corrected chi connectivity index (χ2v) is 19.4. The summed E-state index contributed by atoms with van der Waals surface area (Å²) in [5, 5.41) is 72.5. The molecule has 0 saturated carbocycles. The Balaban J connectivity index is 6.42. The van der Waals surface area contributed by atoms with Crippen LogP contribution in [0.1, 0.15) is 74.1 Å². The van der Waals surface area contributed by atoms with Crippen molar-refractivity contribution in [3.63, 3.8) is 0 Å². The number of hydrogen-bond donors (Lipinski definition) is 18. The lowest BCUT2D eigenvalue weighted by atomic mass is 9.99. The van der Waals surface area contributed by atoms with Gasteiger partial charge in [0.1, 0.15) is 60.9 Å². The number of carboxylic acid groups (broad SMARTS) is 1.